The van der Waals surface area contributed by atoms with Crippen LogP contribution in [0.1, 0.15) is 11.1 Å². The first-order chi connectivity index (χ1) is 9.54. The van der Waals surface area contributed by atoms with Crippen molar-refractivity contribution in [2.45, 2.75) is 26.4 Å². The Balaban J connectivity index is 2.11. The number of aromatic nitrogens is 2. The van der Waals surface area contributed by atoms with E-state index in [1.807, 2.05) is 31.7 Å². The molecule has 4 nitrogen and oxygen atoms in total. The third kappa shape index (κ3) is 4.06. The average molecular weight is 287 g/mol. The molecule has 0 atom stereocenters. The summed E-state index contributed by atoms with van der Waals surface area (Å²) in [6.07, 6.45) is 6.55. The van der Waals surface area contributed by atoms with Crippen molar-refractivity contribution in [2.75, 3.05) is 0 Å². The molecule has 0 saturated carbocycles. The standard InChI is InChI=1S/C15H21N3OSi/c1-12-5-6-14(15(9-12)19-20(3)4)16-8-7-13-10-17-18(2)11-13/h5-6,8-11,20H,7H2,1-4H3. The van der Waals surface area contributed by atoms with E-state index >= 15 is 0 Å². The molecular weight excluding hydrogens is 266 g/mol. The number of rotatable bonds is 5. The number of aliphatic imine (C=N–C) groups is 1. The Morgan fingerprint density at radius 3 is 2.85 bits per heavy atom. The van der Waals surface area contributed by atoms with Gasteiger partial charge in [-0.3, -0.25) is 9.67 Å². The Hall–Kier alpha value is -1.88. The molecule has 20 heavy (non-hydrogen) atoms. The van der Waals surface area contributed by atoms with E-state index in [-0.39, 0.29) is 0 Å². The van der Waals surface area contributed by atoms with Gasteiger partial charge in [-0.25, -0.2) is 0 Å². The molecule has 0 amide bonds. The van der Waals surface area contributed by atoms with E-state index in [1.165, 1.54) is 5.56 Å². The van der Waals surface area contributed by atoms with E-state index in [1.54, 1.807) is 4.68 Å². The fourth-order valence-electron chi connectivity index (χ4n) is 1.90. The second-order valence-corrected chi connectivity index (χ2v) is 7.51. The van der Waals surface area contributed by atoms with Crippen LogP contribution in [0.15, 0.2) is 35.6 Å². The zero-order chi connectivity index (χ0) is 14.5. The predicted molar refractivity (Wildman–Crippen MR) is 85.7 cm³/mol. The average Bonchev–Trinajstić information content (AvgIpc) is 2.77. The molecule has 0 radical (unpaired) electrons. The SMILES string of the molecule is Cc1ccc(N=CCc2cnn(C)c2)c(O[SiH](C)C)c1. The Kier molecular flexibility index (Phi) is 4.73. The molecule has 0 fully saturated rings. The Bertz CT molecular complexity index is 605. The van der Waals surface area contributed by atoms with E-state index < -0.39 is 9.04 Å². The van der Waals surface area contributed by atoms with Crippen LogP contribution < -0.4 is 4.43 Å². The Morgan fingerprint density at radius 2 is 2.20 bits per heavy atom. The summed E-state index contributed by atoms with van der Waals surface area (Å²) in [5, 5.41) is 4.15. The molecule has 106 valence electrons. The van der Waals surface area contributed by atoms with Crippen LogP contribution in [0.25, 0.3) is 0 Å². The maximum atomic E-state index is 5.94. The number of benzene rings is 1. The lowest BCUT2D eigenvalue weighted by atomic mass is 10.2. The highest BCUT2D eigenvalue weighted by molar-refractivity contribution is 6.49. The zero-order valence-electron chi connectivity index (χ0n) is 12.5. The molecule has 0 spiro atoms. The van der Waals surface area contributed by atoms with Gasteiger partial charge in [-0.2, -0.15) is 5.10 Å². The smallest absolute Gasteiger partial charge is 0.229 e. The molecule has 0 aliphatic heterocycles. The molecule has 0 aliphatic rings. The number of hydrogen-bond acceptors (Lipinski definition) is 3. The summed E-state index contributed by atoms with van der Waals surface area (Å²) in [7, 11) is 0.793. The van der Waals surface area contributed by atoms with E-state index in [4.69, 9.17) is 4.43 Å². The van der Waals surface area contributed by atoms with Gasteiger partial charge in [-0.1, -0.05) is 6.07 Å². The number of hydrogen-bond donors (Lipinski definition) is 0. The third-order valence-corrected chi connectivity index (χ3v) is 3.52. The van der Waals surface area contributed by atoms with Crippen LogP contribution in [0.2, 0.25) is 13.1 Å². The van der Waals surface area contributed by atoms with Crippen molar-refractivity contribution in [3.63, 3.8) is 0 Å². The van der Waals surface area contributed by atoms with Gasteiger partial charge in [0.1, 0.15) is 11.4 Å². The minimum absolute atomic E-state index is 0.778. The molecule has 0 bridgehead atoms. The summed E-state index contributed by atoms with van der Waals surface area (Å²) < 4.78 is 7.74. The highest BCUT2D eigenvalue weighted by Gasteiger charge is 2.05. The van der Waals surface area contributed by atoms with Gasteiger partial charge in [-0.15, -0.1) is 0 Å². The van der Waals surface area contributed by atoms with E-state index in [9.17, 15) is 0 Å². The van der Waals surface area contributed by atoms with Gasteiger partial charge in [0.25, 0.3) is 0 Å². The molecule has 0 unspecified atom stereocenters. The maximum Gasteiger partial charge on any atom is 0.229 e. The van der Waals surface area contributed by atoms with Gasteiger partial charge in [0.15, 0.2) is 0 Å². The lowest BCUT2D eigenvalue weighted by Gasteiger charge is -2.12. The summed E-state index contributed by atoms with van der Waals surface area (Å²) in [5.74, 6) is 0.897. The molecule has 2 rings (SSSR count). The maximum absolute atomic E-state index is 5.94. The first-order valence-electron chi connectivity index (χ1n) is 6.82. The largest absolute Gasteiger partial charge is 0.546 e. The van der Waals surface area contributed by atoms with E-state index in [0.29, 0.717) is 0 Å². The summed E-state index contributed by atoms with van der Waals surface area (Å²) in [5.41, 5.74) is 3.26. The van der Waals surface area contributed by atoms with Gasteiger partial charge in [0.05, 0.1) is 6.20 Å². The number of aryl methyl sites for hydroxylation is 2. The van der Waals surface area contributed by atoms with Gasteiger partial charge in [-0.05, 0) is 43.3 Å². The van der Waals surface area contributed by atoms with Gasteiger partial charge in [0.2, 0.25) is 9.04 Å². The van der Waals surface area contributed by atoms with E-state index in [0.717, 1.165) is 23.4 Å². The van der Waals surface area contributed by atoms with Gasteiger partial charge < -0.3 is 4.43 Å². The van der Waals surface area contributed by atoms with Crippen molar-refractivity contribution in [3.8, 4) is 5.75 Å². The fraction of sp³-hybridized carbons (Fsp3) is 0.333. The third-order valence-electron chi connectivity index (χ3n) is 2.79. The van der Waals surface area contributed by atoms with Crippen LogP contribution in [0.5, 0.6) is 5.75 Å². The summed E-state index contributed by atoms with van der Waals surface area (Å²) in [4.78, 5) is 4.54. The van der Waals surface area contributed by atoms with Crippen molar-refractivity contribution in [1.82, 2.24) is 9.78 Å². The molecule has 5 heteroatoms. The van der Waals surface area contributed by atoms with Crippen LogP contribution in [0.3, 0.4) is 0 Å². The zero-order valence-corrected chi connectivity index (χ0v) is 13.7. The molecular formula is C15H21N3OSi. The highest BCUT2D eigenvalue weighted by atomic mass is 28.3. The molecule has 0 N–H and O–H groups in total. The lowest BCUT2D eigenvalue weighted by molar-refractivity contribution is 0.581. The van der Waals surface area contributed by atoms with Gasteiger partial charge >= 0.3 is 0 Å². The summed E-state index contributed by atoms with van der Waals surface area (Å²) in [6.45, 7) is 6.38. The lowest BCUT2D eigenvalue weighted by Crippen LogP contribution is -2.11. The Labute approximate surface area is 121 Å². The topological polar surface area (TPSA) is 39.4 Å². The van der Waals surface area contributed by atoms with Crippen LogP contribution in [-0.2, 0) is 13.5 Å². The fourth-order valence-corrected chi connectivity index (χ4v) is 2.60. The van der Waals surface area contributed by atoms with Crippen molar-refractivity contribution in [1.29, 1.82) is 0 Å². The number of nitrogens with zero attached hydrogens (tertiary/aromatic N) is 3. The first-order valence-corrected chi connectivity index (χ1v) is 9.60. The molecule has 1 aromatic heterocycles. The molecule has 0 saturated heterocycles. The molecule has 2 aromatic rings. The van der Waals surface area contributed by atoms with Crippen molar-refractivity contribution in [3.05, 3.63) is 41.7 Å². The minimum Gasteiger partial charge on any atom is -0.546 e. The van der Waals surface area contributed by atoms with Gasteiger partial charge in [0, 0.05) is 25.9 Å². The van der Waals surface area contributed by atoms with Crippen LogP contribution in [0.4, 0.5) is 5.69 Å². The minimum atomic E-state index is -1.12. The summed E-state index contributed by atoms with van der Waals surface area (Å²) >= 11 is 0. The predicted octanol–water partition coefficient (Wildman–Crippen LogP) is 3.04. The first kappa shape index (κ1) is 14.5. The van der Waals surface area contributed by atoms with E-state index in [2.05, 4.69) is 42.2 Å². The molecule has 1 heterocycles. The Morgan fingerprint density at radius 1 is 1.40 bits per heavy atom. The van der Waals surface area contributed by atoms with Crippen molar-refractivity contribution in [2.24, 2.45) is 12.0 Å². The molecule has 1 aromatic carbocycles. The normalized spacial score (nSPS) is 11.4. The van der Waals surface area contributed by atoms with Crippen LogP contribution in [-0.4, -0.2) is 25.0 Å². The summed E-state index contributed by atoms with van der Waals surface area (Å²) in [6, 6.07) is 6.14. The second-order valence-electron chi connectivity index (χ2n) is 5.18. The monoisotopic (exact) mass is 287 g/mol. The molecule has 0 aliphatic carbocycles. The second kappa shape index (κ2) is 6.52. The van der Waals surface area contributed by atoms with Crippen LogP contribution in [0, 0.1) is 6.92 Å². The van der Waals surface area contributed by atoms with Crippen molar-refractivity contribution >= 4 is 20.9 Å². The van der Waals surface area contributed by atoms with Crippen molar-refractivity contribution < 1.29 is 4.43 Å². The highest BCUT2D eigenvalue weighted by Crippen LogP contribution is 2.28. The van der Waals surface area contributed by atoms with Crippen LogP contribution >= 0.6 is 0 Å². The quantitative estimate of drug-likeness (QED) is 0.626.